The van der Waals surface area contributed by atoms with Gasteiger partial charge in [-0.05, 0) is 37.1 Å². The lowest BCUT2D eigenvalue weighted by Gasteiger charge is -2.29. The van der Waals surface area contributed by atoms with Crippen LogP contribution in [0.4, 0.5) is 0 Å². The fourth-order valence-electron chi connectivity index (χ4n) is 3.27. The van der Waals surface area contributed by atoms with Crippen LogP contribution < -0.4 is 0 Å². The molecule has 0 radical (unpaired) electrons. The predicted octanol–water partition coefficient (Wildman–Crippen LogP) is 3.73. The highest BCUT2D eigenvalue weighted by molar-refractivity contribution is 5.78. The van der Waals surface area contributed by atoms with E-state index in [1.165, 1.54) is 19.3 Å². The van der Waals surface area contributed by atoms with E-state index in [9.17, 15) is 4.79 Å². The van der Waals surface area contributed by atoms with Crippen molar-refractivity contribution in [3.05, 3.63) is 48.2 Å². The lowest BCUT2D eigenvalue weighted by Crippen LogP contribution is -2.36. The third-order valence-electron chi connectivity index (χ3n) is 4.60. The molecule has 1 aliphatic carbocycles. The highest BCUT2D eigenvalue weighted by Crippen LogP contribution is 2.26. The van der Waals surface area contributed by atoms with Gasteiger partial charge in [-0.3, -0.25) is 4.79 Å². The highest BCUT2D eigenvalue weighted by atomic mass is 16.3. The standard InChI is InChI=1S/C18H24N2O2/c1-19-11-5-9-16(19)13-20(14-17-10-6-12-22-17)18(21)15-7-3-2-4-8-15/h5-6,9-12,15H,2-4,7-8,13-14H2,1H3. The highest BCUT2D eigenvalue weighted by Gasteiger charge is 2.27. The minimum Gasteiger partial charge on any atom is -0.467 e. The second-order valence-electron chi connectivity index (χ2n) is 6.22. The number of amides is 1. The van der Waals surface area contributed by atoms with Gasteiger partial charge in [0.05, 0.1) is 19.4 Å². The van der Waals surface area contributed by atoms with Crippen LogP contribution in [0.3, 0.4) is 0 Å². The van der Waals surface area contributed by atoms with E-state index in [2.05, 4.69) is 10.6 Å². The third kappa shape index (κ3) is 3.43. The molecule has 0 aliphatic heterocycles. The average Bonchev–Trinajstić information content (AvgIpc) is 3.19. The largest absolute Gasteiger partial charge is 0.467 e. The number of aromatic nitrogens is 1. The minimum atomic E-state index is 0.184. The molecule has 0 unspecified atom stereocenters. The van der Waals surface area contributed by atoms with Crippen molar-refractivity contribution in [2.75, 3.05) is 0 Å². The van der Waals surface area contributed by atoms with Crippen LogP contribution in [0.2, 0.25) is 0 Å². The van der Waals surface area contributed by atoms with Crippen LogP contribution >= 0.6 is 0 Å². The molecule has 4 heteroatoms. The van der Waals surface area contributed by atoms with E-state index >= 15 is 0 Å². The molecule has 0 N–H and O–H groups in total. The van der Waals surface area contributed by atoms with Crippen LogP contribution in [0, 0.1) is 5.92 Å². The molecular weight excluding hydrogens is 276 g/mol. The molecule has 0 aromatic carbocycles. The summed E-state index contributed by atoms with van der Waals surface area (Å²) in [7, 11) is 2.02. The van der Waals surface area contributed by atoms with E-state index in [0.717, 1.165) is 24.3 Å². The Bertz CT molecular complexity index is 594. The summed E-state index contributed by atoms with van der Waals surface area (Å²) >= 11 is 0. The Morgan fingerprint density at radius 1 is 1.23 bits per heavy atom. The average molecular weight is 300 g/mol. The molecule has 0 saturated heterocycles. The second-order valence-corrected chi connectivity index (χ2v) is 6.22. The molecule has 22 heavy (non-hydrogen) atoms. The second kappa shape index (κ2) is 6.86. The predicted molar refractivity (Wildman–Crippen MR) is 85.0 cm³/mol. The number of hydrogen-bond acceptors (Lipinski definition) is 2. The Hall–Kier alpha value is -1.97. The van der Waals surface area contributed by atoms with Crippen molar-refractivity contribution in [2.24, 2.45) is 13.0 Å². The van der Waals surface area contributed by atoms with Crippen LogP contribution in [-0.2, 0) is 24.9 Å². The summed E-state index contributed by atoms with van der Waals surface area (Å²) in [6.07, 6.45) is 9.36. The monoisotopic (exact) mass is 300 g/mol. The SMILES string of the molecule is Cn1cccc1CN(Cc1ccco1)C(=O)C1CCCCC1. The topological polar surface area (TPSA) is 38.4 Å². The smallest absolute Gasteiger partial charge is 0.226 e. The molecule has 2 aromatic rings. The molecule has 1 fully saturated rings. The summed E-state index contributed by atoms with van der Waals surface area (Å²) in [5.74, 6) is 1.31. The van der Waals surface area contributed by atoms with Gasteiger partial charge in [0.25, 0.3) is 0 Å². The maximum Gasteiger partial charge on any atom is 0.226 e. The zero-order valence-corrected chi connectivity index (χ0v) is 13.2. The molecule has 0 spiro atoms. The van der Waals surface area contributed by atoms with Gasteiger partial charge in [-0.1, -0.05) is 19.3 Å². The molecule has 1 saturated carbocycles. The van der Waals surface area contributed by atoms with E-state index in [1.807, 2.05) is 36.3 Å². The summed E-state index contributed by atoms with van der Waals surface area (Å²) in [5.41, 5.74) is 1.15. The van der Waals surface area contributed by atoms with Gasteiger partial charge >= 0.3 is 0 Å². The molecule has 1 amide bonds. The zero-order chi connectivity index (χ0) is 15.4. The maximum atomic E-state index is 12.9. The Labute approximate surface area is 131 Å². The Kier molecular flexibility index (Phi) is 4.66. The van der Waals surface area contributed by atoms with Crippen molar-refractivity contribution in [1.29, 1.82) is 0 Å². The number of aryl methyl sites for hydroxylation is 1. The quantitative estimate of drug-likeness (QED) is 0.844. The van der Waals surface area contributed by atoms with Crippen LogP contribution in [0.1, 0.15) is 43.6 Å². The Morgan fingerprint density at radius 3 is 2.68 bits per heavy atom. The number of furan rings is 1. The molecule has 1 aliphatic rings. The molecule has 0 atom stereocenters. The van der Waals surface area contributed by atoms with Crippen LogP contribution in [0.5, 0.6) is 0 Å². The summed E-state index contributed by atoms with van der Waals surface area (Å²) in [4.78, 5) is 14.9. The van der Waals surface area contributed by atoms with Gasteiger partial charge in [-0.25, -0.2) is 0 Å². The van der Waals surface area contributed by atoms with Gasteiger partial charge in [-0.2, -0.15) is 0 Å². The molecule has 4 nitrogen and oxygen atoms in total. The third-order valence-corrected chi connectivity index (χ3v) is 4.60. The van der Waals surface area contributed by atoms with Crippen molar-refractivity contribution in [2.45, 2.75) is 45.2 Å². The first kappa shape index (κ1) is 14.9. The molecule has 0 bridgehead atoms. The summed E-state index contributed by atoms with van der Waals surface area (Å²) in [6.45, 7) is 1.19. The van der Waals surface area contributed by atoms with Crippen LogP contribution in [-0.4, -0.2) is 15.4 Å². The first-order valence-corrected chi connectivity index (χ1v) is 8.15. The first-order chi connectivity index (χ1) is 10.7. The molecule has 3 rings (SSSR count). The van der Waals surface area contributed by atoms with Gasteiger partial charge in [-0.15, -0.1) is 0 Å². The fourth-order valence-corrected chi connectivity index (χ4v) is 3.27. The summed E-state index contributed by atoms with van der Waals surface area (Å²) < 4.78 is 7.52. The van der Waals surface area contributed by atoms with Gasteiger partial charge in [0, 0.05) is 24.9 Å². The van der Waals surface area contributed by atoms with E-state index in [1.54, 1.807) is 6.26 Å². The van der Waals surface area contributed by atoms with Gasteiger partial charge in [0.2, 0.25) is 5.91 Å². The normalized spacial score (nSPS) is 15.9. The van der Waals surface area contributed by atoms with Crippen molar-refractivity contribution in [3.8, 4) is 0 Å². The summed E-state index contributed by atoms with van der Waals surface area (Å²) in [6, 6.07) is 7.90. The zero-order valence-electron chi connectivity index (χ0n) is 13.2. The van der Waals surface area contributed by atoms with Crippen molar-refractivity contribution in [3.63, 3.8) is 0 Å². The van der Waals surface area contributed by atoms with E-state index < -0.39 is 0 Å². The van der Waals surface area contributed by atoms with E-state index in [4.69, 9.17) is 4.42 Å². The number of hydrogen-bond donors (Lipinski definition) is 0. The first-order valence-electron chi connectivity index (χ1n) is 8.15. The minimum absolute atomic E-state index is 0.184. The Balaban J connectivity index is 1.75. The van der Waals surface area contributed by atoms with Gasteiger partial charge in [0.1, 0.15) is 5.76 Å². The van der Waals surface area contributed by atoms with Gasteiger partial charge in [0.15, 0.2) is 0 Å². The number of carbonyl (C=O) groups excluding carboxylic acids is 1. The lowest BCUT2D eigenvalue weighted by atomic mass is 9.88. The molecule has 2 aromatic heterocycles. The number of nitrogens with zero attached hydrogens (tertiary/aromatic N) is 2. The molecular formula is C18H24N2O2. The lowest BCUT2D eigenvalue weighted by molar-refractivity contribution is -0.138. The van der Waals surface area contributed by atoms with E-state index in [0.29, 0.717) is 13.1 Å². The molecule has 2 heterocycles. The van der Waals surface area contributed by atoms with Crippen LogP contribution in [0.15, 0.2) is 41.1 Å². The van der Waals surface area contributed by atoms with Gasteiger partial charge < -0.3 is 13.9 Å². The molecule has 118 valence electrons. The number of carbonyl (C=O) groups is 1. The van der Waals surface area contributed by atoms with Crippen LogP contribution in [0.25, 0.3) is 0 Å². The number of rotatable bonds is 5. The van der Waals surface area contributed by atoms with Crippen molar-refractivity contribution in [1.82, 2.24) is 9.47 Å². The fraction of sp³-hybridized carbons (Fsp3) is 0.500. The maximum absolute atomic E-state index is 12.9. The van der Waals surface area contributed by atoms with Crippen molar-refractivity contribution < 1.29 is 9.21 Å². The Morgan fingerprint density at radius 2 is 2.05 bits per heavy atom. The van der Waals surface area contributed by atoms with E-state index in [-0.39, 0.29) is 11.8 Å². The van der Waals surface area contributed by atoms with Crippen molar-refractivity contribution >= 4 is 5.91 Å². The summed E-state index contributed by atoms with van der Waals surface area (Å²) in [5, 5.41) is 0.